The van der Waals surface area contributed by atoms with Crippen LogP contribution in [0.2, 0.25) is 0 Å². The van der Waals surface area contributed by atoms with Gasteiger partial charge in [0.1, 0.15) is 6.54 Å². The molecule has 0 radical (unpaired) electrons. The van der Waals surface area contributed by atoms with E-state index in [0.29, 0.717) is 18.8 Å². The molecule has 2 aromatic rings. The maximum atomic E-state index is 11.8. The van der Waals surface area contributed by atoms with Crippen molar-refractivity contribution < 1.29 is 4.79 Å². The number of nitrogens with zero attached hydrogens (tertiary/aromatic N) is 3. The van der Waals surface area contributed by atoms with Gasteiger partial charge in [0.2, 0.25) is 5.91 Å². The first-order valence-corrected chi connectivity index (χ1v) is 5.56. The van der Waals surface area contributed by atoms with Crippen LogP contribution in [0.5, 0.6) is 0 Å². The van der Waals surface area contributed by atoms with Crippen LogP contribution in [0.1, 0.15) is 6.92 Å². The number of carbonyl (C=O) groups excluding carboxylic acids is 1. The summed E-state index contributed by atoms with van der Waals surface area (Å²) in [5, 5.41) is 0. The van der Waals surface area contributed by atoms with Crippen LogP contribution in [-0.4, -0.2) is 34.0 Å². The lowest BCUT2D eigenvalue weighted by Gasteiger charge is -2.14. The fraction of sp³-hybridized carbons (Fsp3) is 0.333. The fourth-order valence-electron chi connectivity index (χ4n) is 1.65. The zero-order chi connectivity index (χ0) is 12.4. The highest BCUT2D eigenvalue weighted by atomic mass is 16.2. The van der Waals surface area contributed by atoms with E-state index in [0.717, 1.165) is 11.0 Å². The number of nitrogen functional groups attached to an aromatic ring is 1. The maximum Gasteiger partial charge on any atom is 0.242 e. The number of aromatic nitrogens is 2. The van der Waals surface area contributed by atoms with E-state index in [2.05, 4.69) is 4.98 Å². The number of carbonyl (C=O) groups is 1. The standard InChI is InChI=1S/C12H16N4O/c1-3-15(2)12(17)7-16-8-14-10-6-9(13)4-5-11(10)16/h4-6,8H,3,7,13H2,1-2H3. The molecule has 5 heteroatoms. The van der Waals surface area contributed by atoms with Crippen LogP contribution >= 0.6 is 0 Å². The molecule has 5 nitrogen and oxygen atoms in total. The minimum atomic E-state index is 0.0728. The molecule has 17 heavy (non-hydrogen) atoms. The maximum absolute atomic E-state index is 11.8. The van der Waals surface area contributed by atoms with E-state index in [9.17, 15) is 4.79 Å². The van der Waals surface area contributed by atoms with Gasteiger partial charge >= 0.3 is 0 Å². The van der Waals surface area contributed by atoms with Crippen LogP contribution in [0.3, 0.4) is 0 Å². The number of hydrogen-bond donors (Lipinski definition) is 1. The molecule has 90 valence electrons. The van der Waals surface area contributed by atoms with Crippen molar-refractivity contribution >= 4 is 22.6 Å². The van der Waals surface area contributed by atoms with Gasteiger partial charge in [0.05, 0.1) is 17.4 Å². The van der Waals surface area contributed by atoms with Gasteiger partial charge in [0.25, 0.3) is 0 Å². The van der Waals surface area contributed by atoms with E-state index in [1.807, 2.05) is 23.6 Å². The normalized spacial score (nSPS) is 10.7. The monoisotopic (exact) mass is 232 g/mol. The van der Waals surface area contributed by atoms with Gasteiger partial charge in [-0.2, -0.15) is 0 Å². The number of hydrogen-bond acceptors (Lipinski definition) is 3. The van der Waals surface area contributed by atoms with E-state index in [-0.39, 0.29) is 5.91 Å². The van der Waals surface area contributed by atoms with Crippen molar-refractivity contribution in [2.45, 2.75) is 13.5 Å². The fourth-order valence-corrected chi connectivity index (χ4v) is 1.65. The molecule has 0 saturated carbocycles. The second kappa shape index (κ2) is 4.45. The lowest BCUT2D eigenvalue weighted by Crippen LogP contribution is -2.29. The second-order valence-electron chi connectivity index (χ2n) is 4.03. The Kier molecular flexibility index (Phi) is 2.99. The minimum Gasteiger partial charge on any atom is -0.399 e. The largest absolute Gasteiger partial charge is 0.399 e. The molecule has 0 aliphatic rings. The van der Waals surface area contributed by atoms with Gasteiger partial charge in [-0.25, -0.2) is 4.98 Å². The first-order valence-electron chi connectivity index (χ1n) is 5.56. The molecule has 1 aromatic heterocycles. The Balaban J connectivity index is 2.28. The number of nitrogens with two attached hydrogens (primary N) is 1. The molecule has 0 aliphatic carbocycles. The summed E-state index contributed by atoms with van der Waals surface area (Å²) in [7, 11) is 1.79. The average molecular weight is 232 g/mol. The van der Waals surface area contributed by atoms with Crippen molar-refractivity contribution in [1.29, 1.82) is 0 Å². The number of likely N-dealkylation sites (N-methyl/N-ethyl adjacent to an activating group) is 1. The van der Waals surface area contributed by atoms with Crippen LogP contribution in [0.25, 0.3) is 11.0 Å². The number of imidazole rings is 1. The summed E-state index contributed by atoms with van der Waals surface area (Å²) in [5.41, 5.74) is 8.10. The number of anilines is 1. The highest BCUT2D eigenvalue weighted by molar-refractivity contribution is 5.82. The van der Waals surface area contributed by atoms with Crippen LogP contribution < -0.4 is 5.73 Å². The number of benzene rings is 1. The molecule has 0 unspecified atom stereocenters. The molecule has 2 rings (SSSR count). The summed E-state index contributed by atoms with van der Waals surface area (Å²) < 4.78 is 1.84. The van der Waals surface area contributed by atoms with Gasteiger partial charge in [-0.15, -0.1) is 0 Å². The van der Waals surface area contributed by atoms with Crippen molar-refractivity contribution in [1.82, 2.24) is 14.5 Å². The average Bonchev–Trinajstić information content (AvgIpc) is 2.70. The Morgan fingerprint density at radius 1 is 1.53 bits per heavy atom. The van der Waals surface area contributed by atoms with Crippen molar-refractivity contribution in [3.05, 3.63) is 24.5 Å². The molecular weight excluding hydrogens is 216 g/mol. The van der Waals surface area contributed by atoms with Crippen LogP contribution in [0.15, 0.2) is 24.5 Å². The lowest BCUT2D eigenvalue weighted by atomic mass is 10.3. The van der Waals surface area contributed by atoms with Gasteiger partial charge in [-0.1, -0.05) is 0 Å². The highest BCUT2D eigenvalue weighted by Crippen LogP contribution is 2.16. The van der Waals surface area contributed by atoms with Gasteiger partial charge in [0.15, 0.2) is 0 Å². The Morgan fingerprint density at radius 3 is 3.00 bits per heavy atom. The zero-order valence-electron chi connectivity index (χ0n) is 10.1. The van der Waals surface area contributed by atoms with Gasteiger partial charge in [-0.05, 0) is 25.1 Å². The highest BCUT2D eigenvalue weighted by Gasteiger charge is 2.10. The van der Waals surface area contributed by atoms with Crippen molar-refractivity contribution in [2.24, 2.45) is 0 Å². The molecule has 0 bridgehead atoms. The Bertz CT molecular complexity index is 546. The van der Waals surface area contributed by atoms with Crippen molar-refractivity contribution in [2.75, 3.05) is 19.3 Å². The molecule has 0 spiro atoms. The molecule has 2 N–H and O–H groups in total. The third-order valence-corrected chi connectivity index (χ3v) is 2.85. The van der Waals surface area contributed by atoms with E-state index in [1.54, 1.807) is 24.3 Å². The summed E-state index contributed by atoms with van der Waals surface area (Å²) in [6.45, 7) is 2.97. The Labute approximate surface area is 99.8 Å². The zero-order valence-corrected chi connectivity index (χ0v) is 10.1. The van der Waals surface area contributed by atoms with Crippen LogP contribution in [-0.2, 0) is 11.3 Å². The molecule has 0 atom stereocenters. The van der Waals surface area contributed by atoms with E-state index in [4.69, 9.17) is 5.73 Å². The molecule has 0 aliphatic heterocycles. The van der Waals surface area contributed by atoms with Gasteiger partial charge < -0.3 is 15.2 Å². The molecule has 1 amide bonds. The van der Waals surface area contributed by atoms with Crippen molar-refractivity contribution in [3.8, 4) is 0 Å². The summed E-state index contributed by atoms with van der Waals surface area (Å²) >= 11 is 0. The third kappa shape index (κ3) is 2.22. The first-order chi connectivity index (χ1) is 8.11. The molecule has 1 aromatic carbocycles. The lowest BCUT2D eigenvalue weighted by molar-refractivity contribution is -0.130. The minimum absolute atomic E-state index is 0.0728. The SMILES string of the molecule is CCN(C)C(=O)Cn1cnc2cc(N)ccc21. The van der Waals surface area contributed by atoms with Crippen LogP contribution in [0, 0.1) is 0 Å². The van der Waals surface area contributed by atoms with Gasteiger partial charge in [0, 0.05) is 19.3 Å². The van der Waals surface area contributed by atoms with Crippen molar-refractivity contribution in [3.63, 3.8) is 0 Å². The predicted molar refractivity (Wildman–Crippen MR) is 67.5 cm³/mol. The molecule has 0 fully saturated rings. The summed E-state index contributed by atoms with van der Waals surface area (Å²) in [4.78, 5) is 17.7. The quantitative estimate of drug-likeness (QED) is 0.806. The van der Waals surface area contributed by atoms with Gasteiger partial charge in [-0.3, -0.25) is 4.79 Å². The Morgan fingerprint density at radius 2 is 2.29 bits per heavy atom. The molecule has 1 heterocycles. The number of amides is 1. The molecule has 0 saturated heterocycles. The number of fused-ring (bicyclic) bond motifs is 1. The van der Waals surface area contributed by atoms with E-state index in [1.165, 1.54) is 0 Å². The predicted octanol–water partition coefficient (Wildman–Crippen LogP) is 1.10. The summed E-state index contributed by atoms with van der Waals surface area (Å²) in [5.74, 6) is 0.0728. The van der Waals surface area contributed by atoms with E-state index < -0.39 is 0 Å². The molecular formula is C12H16N4O. The first kappa shape index (κ1) is 11.4. The third-order valence-electron chi connectivity index (χ3n) is 2.85. The second-order valence-corrected chi connectivity index (χ2v) is 4.03. The summed E-state index contributed by atoms with van der Waals surface area (Å²) in [6.07, 6.45) is 1.67. The van der Waals surface area contributed by atoms with Crippen LogP contribution in [0.4, 0.5) is 5.69 Å². The topological polar surface area (TPSA) is 64.2 Å². The number of rotatable bonds is 3. The smallest absolute Gasteiger partial charge is 0.242 e. The van der Waals surface area contributed by atoms with E-state index >= 15 is 0 Å². The summed E-state index contributed by atoms with van der Waals surface area (Å²) in [6, 6.07) is 5.51. The Hall–Kier alpha value is -2.04.